The number of hydrogen-bond donors (Lipinski definition) is 1. The van der Waals surface area contributed by atoms with Gasteiger partial charge in [-0.2, -0.15) is 0 Å². The SMILES string of the molecule is CCCCCCN(C(=O)Nc1ccc(Cl)cc1Cl)C(CC)c1nc2ccccc2c(=O)n1-c1ccc(OC)cc1. The molecular weight excluding hydrogens is 547 g/mol. The van der Waals surface area contributed by atoms with Gasteiger partial charge in [0.15, 0.2) is 0 Å². The largest absolute Gasteiger partial charge is 0.497 e. The summed E-state index contributed by atoms with van der Waals surface area (Å²) in [6, 6.07) is 18.7. The van der Waals surface area contributed by atoms with E-state index < -0.39 is 6.04 Å². The van der Waals surface area contributed by atoms with E-state index in [0.717, 1.165) is 25.7 Å². The first kappa shape index (κ1) is 29.4. The van der Waals surface area contributed by atoms with Crippen LogP contribution in [0.1, 0.15) is 57.8 Å². The van der Waals surface area contributed by atoms with E-state index >= 15 is 0 Å². The van der Waals surface area contributed by atoms with Gasteiger partial charge < -0.3 is 15.0 Å². The standard InChI is InChI=1S/C31H34Cl2N4O3/c1-4-6-7-10-19-36(31(39)35-27-18-13-21(32)20-25(27)33)28(5-2)29-34-26-12-9-8-11-24(26)30(38)37(29)22-14-16-23(40-3)17-15-22/h8-9,11-18,20,28H,4-7,10,19H2,1-3H3,(H,35,39). The Morgan fingerprint density at radius 3 is 2.45 bits per heavy atom. The number of urea groups is 1. The number of anilines is 1. The van der Waals surface area contributed by atoms with E-state index in [-0.39, 0.29) is 11.6 Å². The zero-order chi connectivity index (χ0) is 28.6. The highest BCUT2D eigenvalue weighted by Gasteiger charge is 2.29. The molecule has 0 spiro atoms. The lowest BCUT2D eigenvalue weighted by Crippen LogP contribution is -2.41. The fraction of sp³-hybridized carbons (Fsp3) is 0.323. The number of hydrogen-bond acceptors (Lipinski definition) is 4. The van der Waals surface area contributed by atoms with E-state index in [4.69, 9.17) is 32.9 Å². The molecule has 4 aromatic rings. The maximum absolute atomic E-state index is 13.9. The summed E-state index contributed by atoms with van der Waals surface area (Å²) in [7, 11) is 1.60. The molecule has 0 aliphatic carbocycles. The number of unbranched alkanes of at least 4 members (excludes halogenated alkanes) is 3. The number of para-hydroxylation sites is 1. The van der Waals surface area contributed by atoms with Crippen molar-refractivity contribution in [1.82, 2.24) is 14.5 Å². The summed E-state index contributed by atoms with van der Waals surface area (Å²) in [5, 5.41) is 4.28. The van der Waals surface area contributed by atoms with Crippen LogP contribution in [0.2, 0.25) is 10.0 Å². The number of nitrogens with one attached hydrogen (secondary N) is 1. The van der Waals surface area contributed by atoms with Gasteiger partial charge in [-0.05, 0) is 67.4 Å². The summed E-state index contributed by atoms with van der Waals surface area (Å²) in [5.41, 5.74) is 1.49. The topological polar surface area (TPSA) is 76.5 Å². The van der Waals surface area contributed by atoms with Crippen molar-refractivity contribution in [2.24, 2.45) is 0 Å². The fourth-order valence-electron chi connectivity index (χ4n) is 4.78. The Hall–Kier alpha value is -3.55. The van der Waals surface area contributed by atoms with Crippen molar-refractivity contribution in [3.63, 3.8) is 0 Å². The molecular formula is C31H34Cl2N4O3. The molecule has 1 unspecified atom stereocenters. The third-order valence-corrected chi connectivity index (χ3v) is 7.43. The fourth-order valence-corrected chi connectivity index (χ4v) is 5.24. The zero-order valence-electron chi connectivity index (χ0n) is 23.0. The second-order valence-corrected chi connectivity index (χ2v) is 10.4. The molecule has 40 heavy (non-hydrogen) atoms. The van der Waals surface area contributed by atoms with Crippen LogP contribution in [0.4, 0.5) is 10.5 Å². The van der Waals surface area contributed by atoms with E-state index in [1.807, 2.05) is 37.3 Å². The van der Waals surface area contributed by atoms with Gasteiger partial charge in [0.05, 0.1) is 40.5 Å². The quantitative estimate of drug-likeness (QED) is 0.181. The monoisotopic (exact) mass is 580 g/mol. The third kappa shape index (κ3) is 6.60. The molecule has 2 amide bonds. The molecule has 1 aromatic heterocycles. The minimum absolute atomic E-state index is 0.198. The van der Waals surface area contributed by atoms with Crippen molar-refractivity contribution in [2.45, 2.75) is 52.0 Å². The van der Waals surface area contributed by atoms with E-state index in [1.54, 1.807) is 53.0 Å². The van der Waals surface area contributed by atoms with Gasteiger partial charge in [-0.15, -0.1) is 0 Å². The van der Waals surface area contributed by atoms with Crippen molar-refractivity contribution in [3.05, 3.63) is 93.0 Å². The molecule has 0 saturated carbocycles. The number of carbonyl (C=O) groups excluding carboxylic acids is 1. The molecule has 4 rings (SSSR count). The maximum Gasteiger partial charge on any atom is 0.322 e. The highest BCUT2D eigenvalue weighted by atomic mass is 35.5. The van der Waals surface area contributed by atoms with Crippen LogP contribution in [0.25, 0.3) is 16.6 Å². The van der Waals surface area contributed by atoms with Crippen molar-refractivity contribution in [2.75, 3.05) is 19.0 Å². The summed E-state index contributed by atoms with van der Waals surface area (Å²) in [6.45, 7) is 4.63. The molecule has 0 saturated heterocycles. The van der Waals surface area contributed by atoms with Crippen molar-refractivity contribution >= 4 is 45.8 Å². The van der Waals surface area contributed by atoms with Crippen LogP contribution in [0, 0.1) is 0 Å². The van der Waals surface area contributed by atoms with Crippen molar-refractivity contribution < 1.29 is 9.53 Å². The van der Waals surface area contributed by atoms with Crippen LogP contribution in [0.5, 0.6) is 5.75 Å². The van der Waals surface area contributed by atoms with Gasteiger partial charge in [0, 0.05) is 11.6 Å². The smallest absolute Gasteiger partial charge is 0.322 e. The minimum Gasteiger partial charge on any atom is -0.497 e. The molecule has 210 valence electrons. The third-order valence-electron chi connectivity index (χ3n) is 6.88. The van der Waals surface area contributed by atoms with Gasteiger partial charge in [-0.25, -0.2) is 9.78 Å². The highest BCUT2D eigenvalue weighted by molar-refractivity contribution is 6.36. The van der Waals surface area contributed by atoms with Crippen LogP contribution in [0.15, 0.2) is 71.5 Å². The predicted molar refractivity (Wildman–Crippen MR) is 163 cm³/mol. The Morgan fingerprint density at radius 2 is 1.77 bits per heavy atom. The molecule has 0 aliphatic heterocycles. The average molecular weight is 582 g/mol. The summed E-state index contributed by atoms with van der Waals surface area (Å²) in [5.74, 6) is 1.17. The van der Waals surface area contributed by atoms with Crippen LogP contribution >= 0.6 is 23.2 Å². The predicted octanol–water partition coefficient (Wildman–Crippen LogP) is 8.27. The molecule has 0 fully saturated rings. The molecule has 1 N–H and O–H groups in total. The Labute approximate surface area is 244 Å². The summed E-state index contributed by atoms with van der Waals surface area (Å²) < 4.78 is 6.94. The van der Waals surface area contributed by atoms with Gasteiger partial charge in [-0.1, -0.05) is 68.4 Å². The number of amides is 2. The number of rotatable bonds is 11. The van der Waals surface area contributed by atoms with Gasteiger partial charge in [0.25, 0.3) is 5.56 Å². The van der Waals surface area contributed by atoms with Gasteiger partial charge in [-0.3, -0.25) is 9.36 Å². The second-order valence-electron chi connectivity index (χ2n) is 9.56. The Morgan fingerprint density at radius 1 is 1.02 bits per heavy atom. The summed E-state index contributed by atoms with van der Waals surface area (Å²) in [4.78, 5) is 34.5. The Kier molecular flexibility index (Phi) is 10.1. The Bertz CT molecular complexity index is 1520. The normalized spacial score (nSPS) is 11.8. The second kappa shape index (κ2) is 13.7. The van der Waals surface area contributed by atoms with E-state index in [0.29, 0.717) is 56.9 Å². The number of halogens is 2. The molecule has 1 heterocycles. The lowest BCUT2D eigenvalue weighted by atomic mass is 10.1. The van der Waals surface area contributed by atoms with Crippen LogP contribution < -0.4 is 15.6 Å². The summed E-state index contributed by atoms with van der Waals surface area (Å²) in [6.07, 6.45) is 4.48. The molecule has 7 nitrogen and oxygen atoms in total. The highest BCUT2D eigenvalue weighted by Crippen LogP contribution is 2.30. The van der Waals surface area contributed by atoms with Crippen LogP contribution in [-0.2, 0) is 0 Å². The van der Waals surface area contributed by atoms with Crippen molar-refractivity contribution in [3.8, 4) is 11.4 Å². The summed E-state index contributed by atoms with van der Waals surface area (Å²) >= 11 is 12.5. The van der Waals surface area contributed by atoms with Gasteiger partial charge >= 0.3 is 6.03 Å². The number of ether oxygens (including phenoxy) is 1. The van der Waals surface area contributed by atoms with Crippen LogP contribution in [-0.4, -0.2) is 34.1 Å². The number of benzene rings is 3. The zero-order valence-corrected chi connectivity index (χ0v) is 24.5. The number of carbonyl (C=O) groups is 1. The minimum atomic E-state index is -0.493. The number of fused-ring (bicyclic) bond motifs is 1. The lowest BCUT2D eigenvalue weighted by Gasteiger charge is -2.32. The van der Waals surface area contributed by atoms with E-state index in [9.17, 15) is 9.59 Å². The van der Waals surface area contributed by atoms with Gasteiger partial charge in [0.1, 0.15) is 11.6 Å². The first-order valence-corrected chi connectivity index (χ1v) is 14.3. The van der Waals surface area contributed by atoms with Crippen molar-refractivity contribution in [1.29, 1.82) is 0 Å². The molecule has 9 heteroatoms. The number of aromatic nitrogens is 2. The first-order valence-electron chi connectivity index (χ1n) is 13.6. The number of nitrogens with zero attached hydrogens (tertiary/aromatic N) is 3. The molecule has 0 radical (unpaired) electrons. The molecule has 1 atom stereocenters. The van der Waals surface area contributed by atoms with E-state index in [2.05, 4.69) is 12.2 Å². The molecule has 0 aliphatic rings. The van der Waals surface area contributed by atoms with Gasteiger partial charge in [0.2, 0.25) is 0 Å². The molecule has 0 bridgehead atoms. The maximum atomic E-state index is 13.9. The Balaban J connectivity index is 1.84. The lowest BCUT2D eigenvalue weighted by molar-refractivity contribution is 0.179. The average Bonchev–Trinajstić information content (AvgIpc) is 2.96. The number of methoxy groups -OCH3 is 1. The van der Waals surface area contributed by atoms with Crippen LogP contribution in [0.3, 0.4) is 0 Å². The molecule has 3 aromatic carbocycles. The first-order chi connectivity index (χ1) is 19.4. The van der Waals surface area contributed by atoms with E-state index in [1.165, 1.54) is 0 Å².